The predicted molar refractivity (Wildman–Crippen MR) is 380 cm³/mol. The molecule has 0 atom stereocenters. The lowest BCUT2D eigenvalue weighted by Gasteiger charge is -2.33. The number of furan rings is 4. The normalized spacial score (nSPS) is 12.9. The molecule has 0 saturated carbocycles. The van der Waals surface area contributed by atoms with Crippen LogP contribution in [0.5, 0.6) is 0 Å². The summed E-state index contributed by atoms with van der Waals surface area (Å²) in [5, 5.41) is 14.7. The molecule has 6 aromatic heterocycles. The molecular formula is C84H44N6O4. The number of benzene rings is 14. The van der Waals surface area contributed by atoms with Gasteiger partial charge in [0.2, 0.25) is 11.9 Å². The third-order valence-corrected chi connectivity index (χ3v) is 19.7. The highest BCUT2D eigenvalue weighted by atomic mass is 16.3. The number of aromatic nitrogens is 4. The summed E-state index contributed by atoms with van der Waals surface area (Å²) in [5.41, 5.74) is 21.0. The van der Waals surface area contributed by atoms with Crippen molar-refractivity contribution >= 4 is 166 Å². The molecule has 0 unspecified atom stereocenters. The number of para-hydroxylation sites is 3. The van der Waals surface area contributed by atoms with Gasteiger partial charge in [-0.25, -0.2) is 19.9 Å². The minimum Gasteiger partial charge on any atom is -0.456 e. The van der Waals surface area contributed by atoms with Crippen molar-refractivity contribution in [3.05, 3.63) is 267 Å². The Balaban J connectivity index is 0.726. The molecule has 14 aromatic carbocycles. The van der Waals surface area contributed by atoms with Gasteiger partial charge in [0, 0.05) is 76.1 Å². The van der Waals surface area contributed by atoms with E-state index in [1.807, 2.05) is 60.7 Å². The van der Waals surface area contributed by atoms with Crippen LogP contribution in [0.15, 0.2) is 285 Å². The van der Waals surface area contributed by atoms with Crippen LogP contribution in [0, 0.1) is 0 Å². The first-order valence-corrected chi connectivity index (χ1v) is 31.6. The highest BCUT2D eigenvalue weighted by Gasteiger charge is 2.34. The fraction of sp³-hybridized carbons (Fsp3) is 0. The monoisotopic (exact) mass is 1200 g/mol. The first-order chi connectivity index (χ1) is 46.6. The maximum atomic E-state index is 7.02. The summed E-state index contributed by atoms with van der Waals surface area (Å²) in [7, 11) is 0. The van der Waals surface area contributed by atoms with Crippen LogP contribution in [0.4, 0.5) is 34.6 Å². The van der Waals surface area contributed by atoms with E-state index in [4.69, 9.17) is 37.6 Å². The average Bonchev–Trinajstić information content (AvgIpc) is 0.737. The summed E-state index contributed by atoms with van der Waals surface area (Å²) in [6, 6.07) is 94.0. The zero-order chi connectivity index (χ0) is 61.0. The van der Waals surface area contributed by atoms with Crippen molar-refractivity contribution in [1.82, 2.24) is 19.9 Å². The number of fused-ring (bicyclic) bond motifs is 20. The number of nitrogens with zero attached hydrogens (tertiary/aromatic N) is 6. The van der Waals surface area contributed by atoms with E-state index in [0.717, 1.165) is 182 Å². The van der Waals surface area contributed by atoms with Crippen LogP contribution in [-0.4, -0.2) is 19.9 Å². The van der Waals surface area contributed by atoms with E-state index in [9.17, 15) is 0 Å². The van der Waals surface area contributed by atoms with Gasteiger partial charge in [-0.2, -0.15) is 0 Å². The lowest BCUT2D eigenvalue weighted by molar-refractivity contribution is 0.666. The minimum atomic E-state index is 0.536. The Kier molecular flexibility index (Phi) is 9.75. The summed E-state index contributed by atoms with van der Waals surface area (Å²) in [4.78, 5) is 26.9. The molecule has 0 fully saturated rings. The lowest BCUT2D eigenvalue weighted by atomic mass is 9.86. The molecule has 0 saturated heterocycles. The molecule has 8 heterocycles. The van der Waals surface area contributed by atoms with Crippen LogP contribution < -0.4 is 9.80 Å². The van der Waals surface area contributed by atoms with E-state index < -0.39 is 0 Å². The quantitative estimate of drug-likeness (QED) is 0.165. The van der Waals surface area contributed by atoms with Crippen molar-refractivity contribution in [2.45, 2.75) is 0 Å². The Bertz CT molecular complexity index is 6790. The van der Waals surface area contributed by atoms with Gasteiger partial charge in [0.05, 0.1) is 22.7 Å². The van der Waals surface area contributed by atoms with Gasteiger partial charge in [-0.15, -0.1) is 0 Å². The van der Waals surface area contributed by atoms with E-state index in [0.29, 0.717) is 34.5 Å². The number of hydrogen-bond acceptors (Lipinski definition) is 10. The molecule has 0 bridgehead atoms. The van der Waals surface area contributed by atoms with E-state index in [-0.39, 0.29) is 0 Å². The van der Waals surface area contributed by atoms with E-state index in [1.165, 1.54) is 5.56 Å². The zero-order valence-electron chi connectivity index (χ0n) is 49.7. The fourth-order valence-corrected chi connectivity index (χ4v) is 15.6. The molecule has 0 radical (unpaired) electrons. The first kappa shape index (κ1) is 49.9. The number of rotatable bonds is 5. The zero-order valence-corrected chi connectivity index (χ0v) is 49.7. The Hall–Kier alpha value is -12.9. The van der Waals surface area contributed by atoms with Gasteiger partial charge in [0.25, 0.3) is 0 Å². The fourth-order valence-electron chi connectivity index (χ4n) is 15.6. The highest BCUT2D eigenvalue weighted by molar-refractivity contribution is 6.23. The maximum Gasteiger partial charge on any atom is 0.236 e. The van der Waals surface area contributed by atoms with Gasteiger partial charge >= 0.3 is 0 Å². The van der Waals surface area contributed by atoms with Gasteiger partial charge < -0.3 is 17.7 Å². The van der Waals surface area contributed by atoms with Crippen LogP contribution in [0.2, 0.25) is 0 Å². The van der Waals surface area contributed by atoms with Gasteiger partial charge in [-0.05, 0) is 135 Å². The van der Waals surface area contributed by atoms with Crippen LogP contribution >= 0.6 is 0 Å². The molecule has 2 aliphatic heterocycles. The minimum absolute atomic E-state index is 0.536. The van der Waals surface area contributed by atoms with Crippen LogP contribution in [0.3, 0.4) is 0 Å². The summed E-state index contributed by atoms with van der Waals surface area (Å²) >= 11 is 0. The Morgan fingerprint density at radius 1 is 0.245 bits per heavy atom. The van der Waals surface area contributed by atoms with Crippen LogP contribution in [0.1, 0.15) is 0 Å². The Morgan fingerprint density at radius 3 is 1.46 bits per heavy atom. The summed E-state index contributed by atoms with van der Waals surface area (Å²) in [6.07, 6.45) is 0. The van der Waals surface area contributed by atoms with Crippen molar-refractivity contribution in [1.29, 1.82) is 0 Å². The summed E-state index contributed by atoms with van der Waals surface area (Å²) in [6.45, 7) is 0. The second-order valence-corrected chi connectivity index (χ2v) is 24.7. The molecule has 20 aromatic rings. The summed E-state index contributed by atoms with van der Waals surface area (Å²) < 4.78 is 27.0. The Morgan fingerprint density at radius 2 is 0.755 bits per heavy atom. The van der Waals surface area contributed by atoms with Crippen molar-refractivity contribution < 1.29 is 17.7 Å². The first-order valence-electron chi connectivity index (χ1n) is 31.6. The van der Waals surface area contributed by atoms with Crippen molar-refractivity contribution in [3.63, 3.8) is 0 Å². The smallest absolute Gasteiger partial charge is 0.236 e. The Labute approximate surface area is 533 Å². The predicted octanol–water partition coefficient (Wildman–Crippen LogP) is 23.4. The molecule has 0 aliphatic carbocycles. The van der Waals surface area contributed by atoms with Crippen molar-refractivity contribution in [3.8, 4) is 55.9 Å². The van der Waals surface area contributed by atoms with Gasteiger partial charge in [-0.3, -0.25) is 9.80 Å². The summed E-state index contributed by atoms with van der Waals surface area (Å²) in [5.74, 6) is 1.08. The van der Waals surface area contributed by atoms with Crippen molar-refractivity contribution in [2.24, 2.45) is 0 Å². The number of anilines is 6. The molecule has 0 amide bonds. The maximum absolute atomic E-state index is 7.02. The molecule has 2 aliphatic rings. The molecule has 0 spiro atoms. The highest BCUT2D eigenvalue weighted by Crippen LogP contribution is 2.57. The van der Waals surface area contributed by atoms with Crippen molar-refractivity contribution in [2.75, 3.05) is 9.80 Å². The topological polar surface area (TPSA) is 111 Å². The second-order valence-electron chi connectivity index (χ2n) is 24.7. The van der Waals surface area contributed by atoms with E-state index in [2.05, 4.69) is 216 Å². The van der Waals surface area contributed by atoms with Crippen LogP contribution in [0.25, 0.3) is 187 Å². The lowest BCUT2D eigenvalue weighted by Crippen LogP contribution is -2.18. The molecular weight excluding hydrogens is 1160 g/mol. The van der Waals surface area contributed by atoms with Crippen LogP contribution in [-0.2, 0) is 0 Å². The number of hydrogen-bond donors (Lipinski definition) is 0. The molecule has 10 heteroatoms. The molecule has 94 heavy (non-hydrogen) atoms. The van der Waals surface area contributed by atoms with Gasteiger partial charge in [0.1, 0.15) is 55.9 Å². The molecule has 0 N–H and O–H groups in total. The largest absolute Gasteiger partial charge is 0.456 e. The third kappa shape index (κ3) is 6.81. The average molecular weight is 1200 g/mol. The second kappa shape index (κ2) is 18.4. The molecule has 434 valence electrons. The molecule has 10 nitrogen and oxygen atoms in total. The van der Waals surface area contributed by atoms with Gasteiger partial charge in [0.15, 0.2) is 11.2 Å². The van der Waals surface area contributed by atoms with Gasteiger partial charge in [-0.1, -0.05) is 176 Å². The standard InChI is InChI=1S/C84H44N6O4/c1-3-20-52-45(15-1)33-37-56-55-25-11-17-47-18-12-27-64(72(47)55)89(79(52)56)84-87-77-60-24-7-10-31-68(60)94-82(77)78(88-84)61-26-14-32-70-74(61)58-39-35-48(44-71(58)92-70)51-41-49-19-13-28-65-73(49)63(43-51)57-38-34-46-16-2-4-21-53(46)80(57)90(65)83-85-75(81-76(86-83)59-23-6-9-30-67(59)93-81)50-36-40-69-62(42-50)54-22-5-8-29-66(54)91-69/h1-44H. The SMILES string of the molecule is c1ccc2c3c(ccc2c1)-c1cc(-c2ccc4c(c2)oc2cccc(-c5nc(N6c7c(ccc8ccccc78)-c7cccc8cccc6c78)nc6c5oc5ccccc56)c24)cc2cccc(c12)N3c1nc(-c2ccc3oc4ccccc4c3c2)c2oc3ccccc3c2n1. The van der Waals surface area contributed by atoms with E-state index >= 15 is 0 Å². The third-order valence-electron chi connectivity index (χ3n) is 19.7. The molecule has 22 rings (SSSR count). The van der Waals surface area contributed by atoms with E-state index in [1.54, 1.807) is 0 Å².